The van der Waals surface area contributed by atoms with Crippen LogP contribution in [-0.2, 0) is 6.42 Å². The van der Waals surface area contributed by atoms with Gasteiger partial charge in [0.25, 0.3) is 0 Å². The van der Waals surface area contributed by atoms with Crippen LogP contribution in [0.3, 0.4) is 0 Å². The molecule has 2 rings (SSSR count). The molecule has 2 N–H and O–H groups in total. The van der Waals surface area contributed by atoms with Gasteiger partial charge in [-0.3, -0.25) is 0 Å². The van der Waals surface area contributed by atoms with Gasteiger partial charge in [0.1, 0.15) is 5.82 Å². The lowest BCUT2D eigenvalue weighted by molar-refractivity contribution is 0.423. The van der Waals surface area contributed by atoms with E-state index in [1.165, 1.54) is 19.3 Å². The molecular weight excluding hydrogens is 201 g/mol. The third-order valence-corrected chi connectivity index (χ3v) is 3.54. The molecule has 1 aromatic rings. The molecular formula is C14H20FN. The summed E-state index contributed by atoms with van der Waals surface area (Å²) in [5.41, 5.74) is 6.87. The Bertz CT molecular complexity index is 337. The van der Waals surface area contributed by atoms with Crippen LogP contribution in [0.5, 0.6) is 0 Å². The minimum atomic E-state index is -0.0691. The van der Waals surface area contributed by atoms with Gasteiger partial charge in [0.15, 0.2) is 0 Å². The first-order chi connectivity index (χ1) is 7.75. The number of rotatable bonds is 2. The number of benzene rings is 1. The van der Waals surface area contributed by atoms with Crippen molar-refractivity contribution >= 4 is 0 Å². The van der Waals surface area contributed by atoms with Crippen molar-refractivity contribution < 1.29 is 4.39 Å². The van der Waals surface area contributed by atoms with Gasteiger partial charge in [-0.2, -0.15) is 0 Å². The zero-order chi connectivity index (χ0) is 11.4. The smallest absolute Gasteiger partial charge is 0.126 e. The van der Waals surface area contributed by atoms with Crippen LogP contribution in [0.25, 0.3) is 0 Å². The van der Waals surface area contributed by atoms with Crippen LogP contribution < -0.4 is 5.73 Å². The maximum atomic E-state index is 13.5. The van der Waals surface area contributed by atoms with E-state index in [0.717, 1.165) is 24.8 Å². The van der Waals surface area contributed by atoms with Crippen molar-refractivity contribution in [3.8, 4) is 0 Å². The second kappa shape index (κ2) is 5.44. The van der Waals surface area contributed by atoms with Gasteiger partial charge in [0.2, 0.25) is 0 Å². The summed E-state index contributed by atoms with van der Waals surface area (Å²) in [5.74, 6) is 0.495. The van der Waals surface area contributed by atoms with Gasteiger partial charge < -0.3 is 5.73 Å². The highest BCUT2D eigenvalue weighted by molar-refractivity contribution is 5.17. The summed E-state index contributed by atoms with van der Waals surface area (Å²) in [4.78, 5) is 0. The largest absolute Gasteiger partial charge is 0.328 e. The molecule has 0 aromatic heterocycles. The number of nitrogens with two attached hydrogens (primary N) is 1. The van der Waals surface area contributed by atoms with Crippen molar-refractivity contribution in [1.29, 1.82) is 0 Å². The molecule has 0 spiro atoms. The van der Waals surface area contributed by atoms with Crippen LogP contribution in [0.15, 0.2) is 24.3 Å². The third-order valence-electron chi connectivity index (χ3n) is 3.54. The molecule has 0 bridgehead atoms. The van der Waals surface area contributed by atoms with Gasteiger partial charge in [-0.15, -0.1) is 0 Å². The molecule has 16 heavy (non-hydrogen) atoms. The Kier molecular flexibility index (Phi) is 3.94. The first-order valence-electron chi connectivity index (χ1n) is 6.24. The first-order valence-corrected chi connectivity index (χ1v) is 6.24. The summed E-state index contributed by atoms with van der Waals surface area (Å²) >= 11 is 0. The summed E-state index contributed by atoms with van der Waals surface area (Å²) in [5, 5.41) is 0. The van der Waals surface area contributed by atoms with Gasteiger partial charge in [0.05, 0.1) is 0 Å². The standard InChI is InChI=1S/C14H20FN/c15-14-8-4-2-6-12(14)9-11-5-1-3-7-13(16)10-11/h2,4,6,8,11,13H,1,3,5,7,9-10,16H2. The van der Waals surface area contributed by atoms with E-state index in [0.29, 0.717) is 12.0 Å². The molecule has 2 heteroatoms. The maximum Gasteiger partial charge on any atom is 0.126 e. The highest BCUT2D eigenvalue weighted by Gasteiger charge is 2.18. The van der Waals surface area contributed by atoms with Crippen LogP contribution in [0.4, 0.5) is 4.39 Å². The lowest BCUT2D eigenvalue weighted by Gasteiger charge is -2.17. The summed E-state index contributed by atoms with van der Waals surface area (Å²) in [6.45, 7) is 0. The molecule has 0 aliphatic heterocycles. The number of hydrogen-bond acceptors (Lipinski definition) is 1. The fourth-order valence-electron chi connectivity index (χ4n) is 2.66. The lowest BCUT2D eigenvalue weighted by atomic mass is 9.91. The van der Waals surface area contributed by atoms with E-state index in [-0.39, 0.29) is 5.82 Å². The van der Waals surface area contributed by atoms with Gasteiger partial charge in [-0.25, -0.2) is 4.39 Å². The average Bonchev–Trinajstić information content (AvgIpc) is 2.46. The second-order valence-electron chi connectivity index (χ2n) is 4.94. The predicted molar refractivity (Wildman–Crippen MR) is 64.7 cm³/mol. The summed E-state index contributed by atoms with van der Waals surface area (Å²) in [7, 11) is 0. The molecule has 1 aliphatic rings. The molecule has 1 aromatic carbocycles. The van der Waals surface area contributed by atoms with E-state index in [1.807, 2.05) is 12.1 Å². The molecule has 2 unspecified atom stereocenters. The summed E-state index contributed by atoms with van der Waals surface area (Å²) in [6.07, 6.45) is 6.70. The molecule has 0 amide bonds. The number of hydrogen-bond donors (Lipinski definition) is 1. The minimum Gasteiger partial charge on any atom is -0.328 e. The summed E-state index contributed by atoms with van der Waals surface area (Å²) < 4.78 is 13.5. The van der Waals surface area contributed by atoms with Gasteiger partial charge in [-0.1, -0.05) is 37.5 Å². The van der Waals surface area contributed by atoms with E-state index in [9.17, 15) is 4.39 Å². The van der Waals surface area contributed by atoms with E-state index in [2.05, 4.69) is 0 Å². The van der Waals surface area contributed by atoms with Crippen molar-refractivity contribution in [2.45, 2.75) is 44.6 Å². The molecule has 1 saturated carbocycles. The van der Waals surface area contributed by atoms with Crippen LogP contribution >= 0.6 is 0 Å². The Labute approximate surface area is 96.9 Å². The Morgan fingerprint density at radius 1 is 1.19 bits per heavy atom. The van der Waals surface area contributed by atoms with Crippen LogP contribution in [-0.4, -0.2) is 6.04 Å². The van der Waals surface area contributed by atoms with Crippen molar-refractivity contribution in [2.24, 2.45) is 11.7 Å². The third kappa shape index (κ3) is 3.05. The Balaban J connectivity index is 2.00. The zero-order valence-electron chi connectivity index (χ0n) is 9.66. The Morgan fingerprint density at radius 2 is 1.94 bits per heavy atom. The molecule has 1 fully saturated rings. The quantitative estimate of drug-likeness (QED) is 0.762. The summed E-state index contributed by atoms with van der Waals surface area (Å²) in [6, 6.07) is 7.42. The van der Waals surface area contributed by atoms with Gasteiger partial charge in [0, 0.05) is 6.04 Å². The molecule has 2 atom stereocenters. The normalized spacial score (nSPS) is 26.4. The highest BCUT2D eigenvalue weighted by atomic mass is 19.1. The van der Waals surface area contributed by atoms with Crippen molar-refractivity contribution in [3.05, 3.63) is 35.6 Å². The van der Waals surface area contributed by atoms with Crippen LogP contribution in [0.1, 0.15) is 37.7 Å². The fourth-order valence-corrected chi connectivity index (χ4v) is 2.66. The van der Waals surface area contributed by atoms with Crippen LogP contribution in [0.2, 0.25) is 0 Å². The van der Waals surface area contributed by atoms with E-state index < -0.39 is 0 Å². The van der Waals surface area contributed by atoms with Crippen molar-refractivity contribution in [2.75, 3.05) is 0 Å². The predicted octanol–water partition coefficient (Wildman–Crippen LogP) is 3.28. The van der Waals surface area contributed by atoms with Crippen molar-refractivity contribution in [1.82, 2.24) is 0 Å². The van der Waals surface area contributed by atoms with Gasteiger partial charge >= 0.3 is 0 Å². The second-order valence-corrected chi connectivity index (χ2v) is 4.94. The van der Waals surface area contributed by atoms with E-state index in [1.54, 1.807) is 12.1 Å². The molecule has 0 saturated heterocycles. The SMILES string of the molecule is NC1CCCCC(Cc2ccccc2F)C1. The first kappa shape index (κ1) is 11.6. The lowest BCUT2D eigenvalue weighted by Crippen LogP contribution is -2.22. The van der Waals surface area contributed by atoms with Crippen molar-refractivity contribution in [3.63, 3.8) is 0 Å². The fraction of sp³-hybridized carbons (Fsp3) is 0.571. The number of halogens is 1. The monoisotopic (exact) mass is 221 g/mol. The topological polar surface area (TPSA) is 26.0 Å². The average molecular weight is 221 g/mol. The zero-order valence-corrected chi connectivity index (χ0v) is 9.66. The molecule has 0 radical (unpaired) electrons. The molecule has 1 nitrogen and oxygen atoms in total. The Hall–Kier alpha value is -0.890. The van der Waals surface area contributed by atoms with E-state index >= 15 is 0 Å². The Morgan fingerprint density at radius 3 is 2.75 bits per heavy atom. The molecule has 88 valence electrons. The molecule has 1 aliphatic carbocycles. The van der Waals surface area contributed by atoms with Crippen LogP contribution in [0, 0.1) is 11.7 Å². The maximum absolute atomic E-state index is 13.5. The molecule has 0 heterocycles. The highest BCUT2D eigenvalue weighted by Crippen LogP contribution is 2.26. The van der Waals surface area contributed by atoms with E-state index in [4.69, 9.17) is 5.73 Å². The minimum absolute atomic E-state index is 0.0691. The van der Waals surface area contributed by atoms with Gasteiger partial charge in [-0.05, 0) is 36.8 Å².